The molecule has 0 heterocycles. The van der Waals surface area contributed by atoms with Crippen LogP contribution in [-0.2, 0) is 11.0 Å². The third-order valence-electron chi connectivity index (χ3n) is 1.97. The molecule has 0 spiro atoms. The Morgan fingerprint density at radius 3 is 2.21 bits per heavy atom. The van der Waals surface area contributed by atoms with Gasteiger partial charge in [-0.25, -0.2) is 14.0 Å². The van der Waals surface area contributed by atoms with Crippen LogP contribution in [0.4, 0.5) is 17.6 Å². The first-order valence-electron chi connectivity index (χ1n) is 4.62. The number of ether oxygens (including phenoxy) is 1. The fraction of sp³-hybridized carbons (Fsp3) is 0.200. The largest absolute Gasteiger partial charge is 0.479 e. The fourth-order valence-electron chi connectivity index (χ4n) is 1.22. The number of benzene rings is 1. The lowest BCUT2D eigenvalue weighted by Gasteiger charge is -2.13. The summed E-state index contributed by atoms with van der Waals surface area (Å²) in [5, 5.41) is 17.0. The second kappa shape index (κ2) is 5.12. The van der Waals surface area contributed by atoms with Gasteiger partial charge in [0.05, 0.1) is 5.56 Å². The molecule has 0 saturated carbocycles. The van der Waals surface area contributed by atoms with Gasteiger partial charge in [0.15, 0.2) is 18.2 Å². The summed E-state index contributed by atoms with van der Waals surface area (Å²) in [6.45, 7) is -1.17. The van der Waals surface area contributed by atoms with Crippen LogP contribution >= 0.6 is 0 Å². The van der Waals surface area contributed by atoms with Crippen molar-refractivity contribution in [1.29, 1.82) is 0 Å². The van der Waals surface area contributed by atoms with Crippen LogP contribution in [0.1, 0.15) is 15.9 Å². The standard InChI is InChI=1S/C10H6F4O5/c11-7-5(10(12,13)14)2-1-4(9(17)18)8(7)19-3-6(15)16/h1-2H,3H2,(H,15,16)(H,17,18). The van der Waals surface area contributed by atoms with Crippen molar-refractivity contribution < 1.29 is 42.1 Å². The fourth-order valence-corrected chi connectivity index (χ4v) is 1.22. The van der Waals surface area contributed by atoms with E-state index in [-0.39, 0.29) is 6.07 Å². The maximum Gasteiger partial charge on any atom is 0.419 e. The Labute approximate surface area is 103 Å². The maximum absolute atomic E-state index is 13.5. The van der Waals surface area contributed by atoms with Gasteiger partial charge >= 0.3 is 18.1 Å². The van der Waals surface area contributed by atoms with Crippen molar-refractivity contribution in [3.8, 4) is 5.75 Å². The van der Waals surface area contributed by atoms with Gasteiger partial charge in [-0.2, -0.15) is 13.2 Å². The summed E-state index contributed by atoms with van der Waals surface area (Å²) >= 11 is 0. The molecule has 0 aliphatic heterocycles. The molecule has 0 bridgehead atoms. The number of hydrogen-bond donors (Lipinski definition) is 2. The molecular weight excluding hydrogens is 276 g/mol. The van der Waals surface area contributed by atoms with Crippen LogP contribution in [0.25, 0.3) is 0 Å². The summed E-state index contributed by atoms with van der Waals surface area (Å²) in [6.07, 6.45) is -5.05. The van der Waals surface area contributed by atoms with E-state index in [0.29, 0.717) is 6.07 Å². The predicted octanol–water partition coefficient (Wildman–Crippen LogP) is 2.01. The second-order valence-electron chi connectivity index (χ2n) is 3.29. The van der Waals surface area contributed by atoms with E-state index in [0.717, 1.165) is 0 Å². The van der Waals surface area contributed by atoms with Crippen molar-refractivity contribution >= 4 is 11.9 Å². The molecule has 1 aromatic carbocycles. The van der Waals surface area contributed by atoms with E-state index in [4.69, 9.17) is 10.2 Å². The van der Waals surface area contributed by atoms with Crippen LogP contribution in [0, 0.1) is 5.82 Å². The molecule has 0 saturated heterocycles. The molecular formula is C10H6F4O5. The number of carboxylic acids is 2. The summed E-state index contributed by atoms with van der Waals surface area (Å²) in [4.78, 5) is 20.9. The lowest BCUT2D eigenvalue weighted by molar-refractivity contribution is -0.140. The number of carbonyl (C=O) groups is 2. The van der Waals surface area contributed by atoms with Crippen LogP contribution in [0.2, 0.25) is 0 Å². The lowest BCUT2D eigenvalue weighted by Crippen LogP contribution is -2.16. The van der Waals surface area contributed by atoms with Crippen LogP contribution in [-0.4, -0.2) is 28.8 Å². The van der Waals surface area contributed by atoms with Gasteiger partial charge in [-0.05, 0) is 12.1 Å². The van der Waals surface area contributed by atoms with Gasteiger partial charge in [0, 0.05) is 0 Å². The third-order valence-corrected chi connectivity index (χ3v) is 1.97. The number of hydrogen-bond acceptors (Lipinski definition) is 3. The molecule has 0 amide bonds. The summed E-state index contributed by atoms with van der Waals surface area (Å²) < 4.78 is 55.0. The van der Waals surface area contributed by atoms with Crippen molar-refractivity contribution in [1.82, 2.24) is 0 Å². The molecule has 0 radical (unpaired) electrons. The first-order valence-corrected chi connectivity index (χ1v) is 4.62. The normalized spacial score (nSPS) is 11.2. The highest BCUT2D eigenvalue weighted by atomic mass is 19.4. The Morgan fingerprint density at radius 1 is 1.21 bits per heavy atom. The molecule has 19 heavy (non-hydrogen) atoms. The first kappa shape index (κ1) is 14.7. The van der Waals surface area contributed by atoms with Crippen molar-refractivity contribution in [2.24, 2.45) is 0 Å². The Morgan fingerprint density at radius 2 is 1.79 bits per heavy atom. The number of aliphatic carboxylic acids is 1. The SMILES string of the molecule is O=C(O)COc1c(C(=O)O)ccc(C(F)(F)F)c1F. The Balaban J connectivity index is 3.35. The molecule has 0 aliphatic rings. The number of rotatable bonds is 4. The maximum atomic E-state index is 13.5. The van der Waals surface area contributed by atoms with E-state index in [1.165, 1.54) is 0 Å². The monoisotopic (exact) mass is 282 g/mol. The minimum Gasteiger partial charge on any atom is -0.479 e. The van der Waals surface area contributed by atoms with Gasteiger partial charge in [0.2, 0.25) is 0 Å². The van der Waals surface area contributed by atoms with Gasteiger partial charge in [-0.15, -0.1) is 0 Å². The molecule has 0 aromatic heterocycles. The third kappa shape index (κ3) is 3.33. The number of alkyl halides is 3. The van der Waals surface area contributed by atoms with E-state index >= 15 is 0 Å². The van der Waals surface area contributed by atoms with Crippen molar-refractivity contribution in [2.75, 3.05) is 6.61 Å². The summed E-state index contributed by atoms with van der Waals surface area (Å²) in [6, 6.07) is 0.734. The van der Waals surface area contributed by atoms with Crippen LogP contribution < -0.4 is 4.74 Å². The summed E-state index contributed by atoms with van der Waals surface area (Å²) in [5.74, 6) is -6.56. The smallest absolute Gasteiger partial charge is 0.419 e. The highest BCUT2D eigenvalue weighted by Crippen LogP contribution is 2.36. The highest BCUT2D eigenvalue weighted by molar-refractivity contribution is 5.91. The Bertz CT molecular complexity index is 523. The van der Waals surface area contributed by atoms with E-state index in [9.17, 15) is 27.2 Å². The lowest BCUT2D eigenvalue weighted by atomic mass is 10.1. The van der Waals surface area contributed by atoms with Gasteiger partial charge in [-0.3, -0.25) is 0 Å². The van der Waals surface area contributed by atoms with Crippen LogP contribution in [0.15, 0.2) is 12.1 Å². The highest BCUT2D eigenvalue weighted by Gasteiger charge is 2.37. The van der Waals surface area contributed by atoms with Gasteiger partial charge in [-0.1, -0.05) is 0 Å². The van der Waals surface area contributed by atoms with Gasteiger partial charge in [0.1, 0.15) is 5.56 Å². The zero-order chi connectivity index (χ0) is 14.8. The molecule has 0 unspecified atom stereocenters. The van der Waals surface area contributed by atoms with E-state index in [1.807, 2.05) is 0 Å². The number of carboxylic acid groups (broad SMARTS) is 2. The molecule has 1 rings (SSSR count). The average molecular weight is 282 g/mol. The quantitative estimate of drug-likeness (QED) is 0.825. The summed E-state index contributed by atoms with van der Waals surface area (Å²) in [7, 11) is 0. The molecule has 0 fully saturated rings. The number of aromatic carboxylic acids is 1. The van der Waals surface area contributed by atoms with Crippen molar-refractivity contribution in [3.05, 3.63) is 29.1 Å². The minimum absolute atomic E-state index is 0.242. The van der Waals surface area contributed by atoms with Crippen molar-refractivity contribution in [2.45, 2.75) is 6.18 Å². The van der Waals surface area contributed by atoms with Crippen LogP contribution in [0.3, 0.4) is 0 Å². The number of halogens is 4. The zero-order valence-electron chi connectivity index (χ0n) is 8.99. The molecule has 5 nitrogen and oxygen atoms in total. The van der Waals surface area contributed by atoms with E-state index < -0.39 is 47.4 Å². The van der Waals surface area contributed by atoms with E-state index in [2.05, 4.69) is 4.74 Å². The first-order chi connectivity index (χ1) is 8.64. The minimum atomic E-state index is -5.05. The summed E-state index contributed by atoms with van der Waals surface area (Å²) in [5.41, 5.74) is -2.63. The molecule has 104 valence electrons. The second-order valence-corrected chi connectivity index (χ2v) is 3.29. The molecule has 9 heteroatoms. The van der Waals surface area contributed by atoms with Crippen molar-refractivity contribution in [3.63, 3.8) is 0 Å². The Kier molecular flexibility index (Phi) is 3.98. The molecule has 1 aromatic rings. The average Bonchev–Trinajstić information content (AvgIpc) is 2.24. The topological polar surface area (TPSA) is 83.8 Å². The molecule has 2 N–H and O–H groups in total. The predicted molar refractivity (Wildman–Crippen MR) is 51.5 cm³/mol. The van der Waals surface area contributed by atoms with Crippen LogP contribution in [0.5, 0.6) is 5.75 Å². The van der Waals surface area contributed by atoms with Gasteiger partial charge < -0.3 is 14.9 Å². The van der Waals surface area contributed by atoms with Gasteiger partial charge in [0.25, 0.3) is 0 Å². The Hall–Kier alpha value is -2.32. The van der Waals surface area contributed by atoms with E-state index in [1.54, 1.807) is 0 Å². The molecule has 0 aliphatic carbocycles. The zero-order valence-corrected chi connectivity index (χ0v) is 8.99. The molecule has 0 atom stereocenters.